The summed E-state index contributed by atoms with van der Waals surface area (Å²) in [5.74, 6) is 0.152. The first kappa shape index (κ1) is 22.3. The van der Waals surface area contributed by atoms with Crippen LogP contribution in [-0.2, 0) is 4.79 Å². The van der Waals surface area contributed by atoms with Gasteiger partial charge in [-0.2, -0.15) is 5.26 Å². The monoisotopic (exact) mass is 450 g/mol. The molecule has 3 rings (SSSR count). The van der Waals surface area contributed by atoms with Gasteiger partial charge in [-0.05, 0) is 42.0 Å². The molecule has 0 aliphatic rings. The number of hydrogen-bond donors (Lipinski definition) is 1. The van der Waals surface area contributed by atoms with Crippen LogP contribution in [0.15, 0.2) is 66.4 Å². The van der Waals surface area contributed by atoms with E-state index in [2.05, 4.69) is 10.3 Å². The minimum atomic E-state index is -0.593. The zero-order valence-electron chi connectivity index (χ0n) is 16.6. The quantitative estimate of drug-likeness (QED) is 0.232. The lowest BCUT2D eigenvalue weighted by molar-refractivity contribution is -0.385. The molecule has 32 heavy (non-hydrogen) atoms. The van der Waals surface area contributed by atoms with E-state index >= 15 is 0 Å². The van der Waals surface area contributed by atoms with Crippen molar-refractivity contribution in [3.63, 3.8) is 0 Å². The molecule has 0 saturated carbocycles. The Balaban J connectivity index is 1.80. The van der Waals surface area contributed by atoms with Crippen LogP contribution in [0.3, 0.4) is 0 Å². The molecule has 2 aromatic carbocycles. The molecule has 3 aromatic rings. The van der Waals surface area contributed by atoms with E-state index in [0.29, 0.717) is 27.8 Å². The van der Waals surface area contributed by atoms with E-state index in [-0.39, 0.29) is 17.1 Å². The number of methoxy groups -OCH3 is 1. The number of amides is 1. The summed E-state index contributed by atoms with van der Waals surface area (Å²) >= 11 is 5.91. The smallest absolute Gasteiger partial charge is 0.287 e. The molecule has 0 bridgehead atoms. The number of nitrogens with zero attached hydrogens (tertiary/aromatic N) is 3. The van der Waals surface area contributed by atoms with E-state index < -0.39 is 10.8 Å². The average Bonchev–Trinajstić information content (AvgIpc) is 2.78. The summed E-state index contributed by atoms with van der Waals surface area (Å²) in [6, 6.07) is 15.8. The van der Waals surface area contributed by atoms with Gasteiger partial charge in [-0.1, -0.05) is 23.7 Å². The largest absolute Gasteiger partial charge is 0.493 e. The van der Waals surface area contributed by atoms with Crippen LogP contribution in [0.1, 0.15) is 5.56 Å². The maximum atomic E-state index is 12.4. The molecule has 10 heteroatoms. The number of nitrogens with one attached hydrogen (secondary N) is 1. The molecule has 0 unspecified atom stereocenters. The van der Waals surface area contributed by atoms with Gasteiger partial charge in [0.05, 0.1) is 12.0 Å². The molecule has 9 nitrogen and oxygen atoms in total. The van der Waals surface area contributed by atoms with Crippen LogP contribution in [0.4, 0.5) is 11.4 Å². The summed E-state index contributed by atoms with van der Waals surface area (Å²) in [6.45, 7) is 0. The lowest BCUT2D eigenvalue weighted by atomic mass is 10.1. The molecular formula is C22H15ClN4O5. The average molecular weight is 451 g/mol. The molecule has 0 radical (unpaired) electrons. The maximum absolute atomic E-state index is 12.4. The minimum absolute atomic E-state index is 0.127. The van der Waals surface area contributed by atoms with Crippen molar-refractivity contribution >= 4 is 35.0 Å². The summed E-state index contributed by atoms with van der Waals surface area (Å²) in [5.41, 5.74) is 0.687. The summed E-state index contributed by atoms with van der Waals surface area (Å²) in [5, 5.41) is 23.2. The summed E-state index contributed by atoms with van der Waals surface area (Å²) in [6.07, 6.45) is 2.48. The van der Waals surface area contributed by atoms with Crippen LogP contribution in [0, 0.1) is 21.4 Å². The van der Waals surface area contributed by atoms with Gasteiger partial charge in [0, 0.05) is 22.8 Å². The van der Waals surface area contributed by atoms with E-state index in [1.807, 2.05) is 6.07 Å². The predicted octanol–water partition coefficient (Wildman–Crippen LogP) is 4.99. The molecule has 1 amide bonds. The fraction of sp³-hybridized carbons (Fsp3) is 0.0455. The molecule has 0 saturated heterocycles. The molecule has 0 fully saturated rings. The van der Waals surface area contributed by atoms with Gasteiger partial charge in [-0.25, -0.2) is 4.98 Å². The van der Waals surface area contributed by atoms with Crippen LogP contribution in [0.5, 0.6) is 17.4 Å². The van der Waals surface area contributed by atoms with Crippen molar-refractivity contribution < 1.29 is 19.2 Å². The summed E-state index contributed by atoms with van der Waals surface area (Å²) < 4.78 is 10.9. The van der Waals surface area contributed by atoms with Gasteiger partial charge in [0.2, 0.25) is 5.88 Å². The second-order valence-electron chi connectivity index (χ2n) is 6.26. The highest BCUT2D eigenvalue weighted by molar-refractivity contribution is 6.31. The van der Waals surface area contributed by atoms with Gasteiger partial charge in [0.1, 0.15) is 17.8 Å². The Morgan fingerprint density at radius 2 is 2.03 bits per heavy atom. The summed E-state index contributed by atoms with van der Waals surface area (Å²) in [7, 11) is 1.43. The van der Waals surface area contributed by atoms with Crippen LogP contribution < -0.4 is 14.8 Å². The standard InChI is InChI=1S/C22H15ClN4O5/c1-31-20-10-14(5-7-19(20)32-21-8-6-18(13-25-21)27(29)30)9-15(12-24)22(28)26-17-4-2-3-16(23)11-17/h2-11,13H,1H3,(H,26,28)/b15-9+. The van der Waals surface area contributed by atoms with Crippen molar-refractivity contribution in [2.45, 2.75) is 0 Å². The van der Waals surface area contributed by atoms with Gasteiger partial charge in [-0.15, -0.1) is 0 Å². The number of ether oxygens (including phenoxy) is 2. The fourth-order valence-electron chi connectivity index (χ4n) is 2.59. The van der Waals surface area contributed by atoms with Crippen molar-refractivity contribution in [1.29, 1.82) is 5.26 Å². The number of halogens is 1. The van der Waals surface area contributed by atoms with Crippen molar-refractivity contribution in [3.8, 4) is 23.4 Å². The zero-order valence-corrected chi connectivity index (χ0v) is 17.4. The first-order valence-corrected chi connectivity index (χ1v) is 9.42. The molecule has 0 atom stereocenters. The van der Waals surface area contributed by atoms with Crippen LogP contribution in [0.2, 0.25) is 5.02 Å². The van der Waals surface area contributed by atoms with Crippen molar-refractivity contribution in [1.82, 2.24) is 4.98 Å². The highest BCUT2D eigenvalue weighted by Gasteiger charge is 2.13. The Morgan fingerprint density at radius 1 is 1.22 bits per heavy atom. The second-order valence-corrected chi connectivity index (χ2v) is 6.69. The number of benzene rings is 2. The molecule has 1 N–H and O–H groups in total. The Kier molecular flexibility index (Phi) is 7.00. The normalized spacial score (nSPS) is 10.7. The van der Waals surface area contributed by atoms with Crippen LogP contribution in [-0.4, -0.2) is 22.9 Å². The highest BCUT2D eigenvalue weighted by Crippen LogP contribution is 2.32. The Hall–Kier alpha value is -4.42. The molecule has 0 aliphatic heterocycles. The van der Waals surface area contributed by atoms with Gasteiger partial charge in [0.25, 0.3) is 11.6 Å². The third-order valence-electron chi connectivity index (χ3n) is 4.09. The molecule has 1 heterocycles. The lowest BCUT2D eigenvalue weighted by Crippen LogP contribution is -2.13. The van der Waals surface area contributed by atoms with E-state index in [9.17, 15) is 20.2 Å². The maximum Gasteiger partial charge on any atom is 0.287 e. The molecule has 1 aromatic heterocycles. The van der Waals surface area contributed by atoms with Crippen molar-refractivity contribution in [2.75, 3.05) is 12.4 Å². The van der Waals surface area contributed by atoms with E-state index in [1.165, 1.54) is 25.3 Å². The Bertz CT molecular complexity index is 1240. The van der Waals surface area contributed by atoms with Crippen molar-refractivity contribution in [3.05, 3.63) is 87.1 Å². The van der Waals surface area contributed by atoms with E-state index in [1.54, 1.807) is 42.5 Å². The zero-order chi connectivity index (χ0) is 23.1. The molecular weight excluding hydrogens is 436 g/mol. The van der Waals surface area contributed by atoms with Gasteiger partial charge in [-0.3, -0.25) is 14.9 Å². The third-order valence-corrected chi connectivity index (χ3v) is 4.33. The minimum Gasteiger partial charge on any atom is -0.493 e. The SMILES string of the molecule is COc1cc(/C=C(\C#N)C(=O)Nc2cccc(Cl)c2)ccc1Oc1ccc([N+](=O)[O-])cn1. The third kappa shape index (κ3) is 5.59. The first-order chi connectivity index (χ1) is 15.4. The Labute approximate surface area is 187 Å². The van der Waals surface area contributed by atoms with Crippen LogP contribution in [0.25, 0.3) is 6.08 Å². The second kappa shape index (κ2) is 10.1. The van der Waals surface area contributed by atoms with Gasteiger partial charge >= 0.3 is 0 Å². The number of rotatable bonds is 7. The number of nitriles is 1. The number of aromatic nitrogens is 1. The van der Waals surface area contributed by atoms with Gasteiger partial charge < -0.3 is 14.8 Å². The predicted molar refractivity (Wildman–Crippen MR) is 118 cm³/mol. The highest BCUT2D eigenvalue weighted by atomic mass is 35.5. The summed E-state index contributed by atoms with van der Waals surface area (Å²) in [4.78, 5) is 26.5. The topological polar surface area (TPSA) is 127 Å². The number of nitro groups is 1. The number of carbonyl (C=O) groups is 1. The molecule has 0 aliphatic carbocycles. The number of anilines is 1. The fourth-order valence-corrected chi connectivity index (χ4v) is 2.78. The van der Waals surface area contributed by atoms with E-state index in [0.717, 1.165) is 6.20 Å². The molecule has 0 spiro atoms. The lowest BCUT2D eigenvalue weighted by Gasteiger charge is -2.10. The van der Waals surface area contributed by atoms with E-state index in [4.69, 9.17) is 21.1 Å². The van der Waals surface area contributed by atoms with Crippen LogP contribution >= 0.6 is 11.6 Å². The number of hydrogen-bond acceptors (Lipinski definition) is 7. The first-order valence-electron chi connectivity index (χ1n) is 9.04. The number of carbonyl (C=O) groups excluding carboxylic acids is 1. The number of pyridine rings is 1. The van der Waals surface area contributed by atoms with Crippen molar-refractivity contribution in [2.24, 2.45) is 0 Å². The Morgan fingerprint density at radius 3 is 2.66 bits per heavy atom. The van der Waals surface area contributed by atoms with Gasteiger partial charge in [0.15, 0.2) is 11.5 Å². The molecule has 160 valence electrons.